The highest BCUT2D eigenvalue weighted by Gasteiger charge is 2.20. The number of methoxy groups -OCH3 is 1. The number of nitrogens with zero attached hydrogens (tertiary/aromatic N) is 1. The molecule has 106 valence electrons. The molecule has 2 rings (SSSR count). The van der Waals surface area contributed by atoms with E-state index in [2.05, 4.69) is 11.4 Å². The summed E-state index contributed by atoms with van der Waals surface area (Å²) in [7, 11) is 1.38. The first-order valence-electron chi connectivity index (χ1n) is 6.61. The molecule has 0 aliphatic heterocycles. The van der Waals surface area contributed by atoms with Gasteiger partial charge in [0.2, 0.25) is 0 Å². The quantitative estimate of drug-likeness (QED) is 0.855. The van der Waals surface area contributed by atoms with Crippen LogP contribution in [-0.4, -0.2) is 19.6 Å². The van der Waals surface area contributed by atoms with Crippen molar-refractivity contribution >= 4 is 11.7 Å². The van der Waals surface area contributed by atoms with Crippen molar-refractivity contribution in [3.8, 4) is 6.07 Å². The average Bonchev–Trinajstić information content (AvgIpc) is 2.56. The maximum Gasteiger partial charge on any atom is 0.314 e. The van der Waals surface area contributed by atoms with E-state index < -0.39 is 0 Å². The van der Waals surface area contributed by atoms with Gasteiger partial charge >= 0.3 is 5.97 Å². The van der Waals surface area contributed by atoms with Gasteiger partial charge in [0.1, 0.15) is 0 Å². The van der Waals surface area contributed by atoms with Crippen molar-refractivity contribution in [3.05, 3.63) is 65.7 Å². The zero-order valence-corrected chi connectivity index (χ0v) is 11.7. The number of rotatable bonds is 5. The fourth-order valence-corrected chi connectivity index (χ4v) is 2.08. The largest absolute Gasteiger partial charge is 0.468 e. The maximum absolute atomic E-state index is 11.9. The van der Waals surface area contributed by atoms with Crippen molar-refractivity contribution in [2.75, 3.05) is 19.0 Å². The summed E-state index contributed by atoms with van der Waals surface area (Å²) < 4.78 is 4.87. The number of esters is 1. The third-order valence-electron chi connectivity index (χ3n) is 3.19. The molecule has 0 spiro atoms. The fourth-order valence-electron chi connectivity index (χ4n) is 2.08. The number of carbonyl (C=O) groups is 1. The molecule has 2 aromatic rings. The number of nitriles is 1. The Morgan fingerprint density at radius 1 is 1.24 bits per heavy atom. The molecule has 0 fully saturated rings. The molecule has 0 heterocycles. The van der Waals surface area contributed by atoms with E-state index in [1.165, 1.54) is 7.11 Å². The molecule has 1 N–H and O–H groups in total. The Balaban J connectivity index is 2.13. The second kappa shape index (κ2) is 7.11. The molecule has 4 heteroatoms. The molecule has 0 radical (unpaired) electrons. The van der Waals surface area contributed by atoms with E-state index in [1.54, 1.807) is 18.2 Å². The van der Waals surface area contributed by atoms with Crippen molar-refractivity contribution in [1.29, 1.82) is 5.26 Å². The molecule has 1 unspecified atom stereocenters. The smallest absolute Gasteiger partial charge is 0.314 e. The van der Waals surface area contributed by atoms with Crippen molar-refractivity contribution in [2.45, 2.75) is 5.92 Å². The molecule has 0 saturated carbocycles. The Bertz CT molecular complexity index is 647. The Kier molecular flexibility index (Phi) is 4.94. The van der Waals surface area contributed by atoms with Gasteiger partial charge in [0.25, 0.3) is 0 Å². The van der Waals surface area contributed by atoms with Gasteiger partial charge in [-0.05, 0) is 23.8 Å². The number of ether oxygens (including phenoxy) is 1. The van der Waals surface area contributed by atoms with E-state index in [4.69, 9.17) is 10.00 Å². The number of nitrogens with one attached hydrogen (secondary N) is 1. The van der Waals surface area contributed by atoms with Crippen LogP contribution in [-0.2, 0) is 9.53 Å². The van der Waals surface area contributed by atoms with Gasteiger partial charge in [0.05, 0.1) is 24.7 Å². The summed E-state index contributed by atoms with van der Waals surface area (Å²) in [5.74, 6) is -0.674. The second-order valence-corrected chi connectivity index (χ2v) is 4.56. The van der Waals surface area contributed by atoms with Crippen LogP contribution in [0.5, 0.6) is 0 Å². The second-order valence-electron chi connectivity index (χ2n) is 4.56. The molecular weight excluding hydrogens is 264 g/mol. The zero-order chi connectivity index (χ0) is 15.1. The first-order valence-corrected chi connectivity index (χ1v) is 6.61. The van der Waals surface area contributed by atoms with Crippen LogP contribution in [0, 0.1) is 11.3 Å². The van der Waals surface area contributed by atoms with E-state index in [0.717, 1.165) is 11.3 Å². The van der Waals surface area contributed by atoms with Gasteiger partial charge in [-0.3, -0.25) is 4.79 Å². The summed E-state index contributed by atoms with van der Waals surface area (Å²) in [6.07, 6.45) is 0. The summed E-state index contributed by atoms with van der Waals surface area (Å²) in [6.45, 7) is 0.408. The third-order valence-corrected chi connectivity index (χ3v) is 3.19. The van der Waals surface area contributed by atoms with E-state index in [1.807, 2.05) is 36.4 Å². The van der Waals surface area contributed by atoms with Gasteiger partial charge in [0.15, 0.2) is 0 Å². The third kappa shape index (κ3) is 3.83. The van der Waals surface area contributed by atoms with Crippen LogP contribution in [0.1, 0.15) is 17.0 Å². The SMILES string of the molecule is COC(=O)C(CNc1cccc(C#N)c1)c1ccccc1. The lowest BCUT2D eigenvalue weighted by atomic mass is 9.99. The van der Waals surface area contributed by atoms with Crippen LogP contribution in [0.25, 0.3) is 0 Å². The molecule has 21 heavy (non-hydrogen) atoms. The highest BCUT2D eigenvalue weighted by Crippen LogP contribution is 2.19. The Hall–Kier alpha value is -2.80. The van der Waals surface area contributed by atoms with Crippen molar-refractivity contribution in [3.63, 3.8) is 0 Å². The monoisotopic (exact) mass is 280 g/mol. The van der Waals surface area contributed by atoms with E-state index >= 15 is 0 Å². The molecule has 0 saturated heterocycles. The lowest BCUT2D eigenvalue weighted by molar-refractivity contribution is -0.142. The molecule has 2 aromatic carbocycles. The van der Waals surface area contributed by atoms with Crippen LogP contribution in [0.2, 0.25) is 0 Å². The van der Waals surface area contributed by atoms with Crippen LogP contribution in [0.4, 0.5) is 5.69 Å². The highest BCUT2D eigenvalue weighted by atomic mass is 16.5. The molecule has 0 aromatic heterocycles. The first kappa shape index (κ1) is 14.6. The van der Waals surface area contributed by atoms with Gasteiger partial charge in [-0.25, -0.2) is 0 Å². The number of benzene rings is 2. The van der Waals surface area contributed by atoms with Crippen molar-refractivity contribution < 1.29 is 9.53 Å². The molecular formula is C17H16N2O2. The summed E-state index contributed by atoms with van der Waals surface area (Å²) >= 11 is 0. The predicted molar refractivity (Wildman–Crippen MR) is 80.8 cm³/mol. The number of hydrogen-bond donors (Lipinski definition) is 1. The number of hydrogen-bond acceptors (Lipinski definition) is 4. The van der Waals surface area contributed by atoms with Crippen LogP contribution in [0.3, 0.4) is 0 Å². The topological polar surface area (TPSA) is 62.1 Å². The van der Waals surface area contributed by atoms with Crippen LogP contribution in [0.15, 0.2) is 54.6 Å². The number of anilines is 1. The van der Waals surface area contributed by atoms with Gasteiger partial charge in [-0.2, -0.15) is 5.26 Å². The lowest BCUT2D eigenvalue weighted by Gasteiger charge is -2.16. The normalized spacial score (nSPS) is 11.2. The summed E-state index contributed by atoms with van der Waals surface area (Å²) in [5, 5.41) is 12.1. The summed E-state index contributed by atoms with van der Waals surface area (Å²) in [6, 6.07) is 18.7. The maximum atomic E-state index is 11.9. The van der Waals surface area contributed by atoms with Crippen molar-refractivity contribution in [1.82, 2.24) is 0 Å². The minimum Gasteiger partial charge on any atom is -0.468 e. The minimum atomic E-state index is -0.387. The van der Waals surface area contributed by atoms with E-state index in [-0.39, 0.29) is 11.9 Å². The Morgan fingerprint density at radius 2 is 2.00 bits per heavy atom. The molecule has 0 aliphatic rings. The van der Waals surface area contributed by atoms with E-state index in [9.17, 15) is 4.79 Å². The fraction of sp³-hybridized carbons (Fsp3) is 0.176. The van der Waals surface area contributed by atoms with Crippen molar-refractivity contribution in [2.24, 2.45) is 0 Å². The minimum absolute atomic E-state index is 0.287. The van der Waals surface area contributed by atoms with Gasteiger partial charge in [-0.1, -0.05) is 36.4 Å². The molecule has 0 amide bonds. The number of carbonyl (C=O) groups excluding carboxylic acids is 1. The molecule has 1 atom stereocenters. The molecule has 4 nitrogen and oxygen atoms in total. The Morgan fingerprint density at radius 3 is 2.67 bits per heavy atom. The standard InChI is InChI=1S/C17H16N2O2/c1-21-17(20)16(14-7-3-2-4-8-14)12-19-15-9-5-6-13(10-15)11-18/h2-10,16,19H,12H2,1H3. The van der Waals surface area contributed by atoms with Crippen LogP contribution >= 0.6 is 0 Å². The Labute approximate surface area is 124 Å². The lowest BCUT2D eigenvalue weighted by Crippen LogP contribution is -2.22. The van der Waals surface area contributed by atoms with Gasteiger partial charge in [0, 0.05) is 12.2 Å². The van der Waals surface area contributed by atoms with Gasteiger partial charge in [-0.15, -0.1) is 0 Å². The summed E-state index contributed by atoms with van der Waals surface area (Å²) in [5.41, 5.74) is 2.28. The van der Waals surface area contributed by atoms with Crippen LogP contribution < -0.4 is 5.32 Å². The predicted octanol–water partition coefficient (Wildman–Crippen LogP) is 2.93. The molecule has 0 bridgehead atoms. The highest BCUT2D eigenvalue weighted by molar-refractivity contribution is 5.78. The first-order chi connectivity index (χ1) is 10.2. The zero-order valence-electron chi connectivity index (χ0n) is 11.7. The van der Waals surface area contributed by atoms with Gasteiger partial charge < -0.3 is 10.1 Å². The van der Waals surface area contributed by atoms with E-state index in [0.29, 0.717) is 12.1 Å². The summed E-state index contributed by atoms with van der Waals surface area (Å²) in [4.78, 5) is 11.9. The molecule has 0 aliphatic carbocycles. The average molecular weight is 280 g/mol.